The summed E-state index contributed by atoms with van der Waals surface area (Å²) in [6, 6.07) is 13.7. The molecule has 11 heteroatoms. The van der Waals surface area contributed by atoms with Gasteiger partial charge in [0, 0.05) is 30.0 Å². The Balaban J connectivity index is 1.83. The standard InChI is InChI=1S/C24H27N5O5S/c1-4-34-22(31)13-12-21(30)25-17(3)23-26-27-24(35-15-18-7-5-6-16(2)14-18)28(23)19-8-10-20(11-9-19)29(32)33/h5-11,14,17H,4,12-13,15H2,1-3H3,(H,25,30). The number of hydrogen-bond donors (Lipinski definition) is 1. The zero-order valence-corrected chi connectivity index (χ0v) is 20.6. The van der Waals surface area contributed by atoms with Gasteiger partial charge in [-0.1, -0.05) is 41.6 Å². The summed E-state index contributed by atoms with van der Waals surface area (Å²) in [4.78, 5) is 34.6. The lowest BCUT2D eigenvalue weighted by Crippen LogP contribution is -2.29. The molecule has 3 rings (SSSR count). The molecule has 184 valence electrons. The third kappa shape index (κ3) is 7.12. The molecule has 0 aliphatic heterocycles. The van der Waals surface area contributed by atoms with E-state index in [2.05, 4.69) is 21.6 Å². The molecule has 1 aromatic heterocycles. The van der Waals surface area contributed by atoms with Crippen LogP contribution in [0.2, 0.25) is 0 Å². The van der Waals surface area contributed by atoms with Crippen molar-refractivity contribution in [2.45, 2.75) is 50.6 Å². The van der Waals surface area contributed by atoms with Crippen LogP contribution in [-0.4, -0.2) is 38.2 Å². The van der Waals surface area contributed by atoms with E-state index in [-0.39, 0.29) is 31.0 Å². The molecule has 0 radical (unpaired) electrons. The van der Waals surface area contributed by atoms with Crippen LogP contribution in [0.25, 0.3) is 5.69 Å². The molecule has 1 heterocycles. The number of nitro groups is 1. The largest absolute Gasteiger partial charge is 0.466 e. The number of ether oxygens (including phenoxy) is 1. The molecule has 0 fully saturated rings. The minimum Gasteiger partial charge on any atom is -0.466 e. The van der Waals surface area contributed by atoms with Gasteiger partial charge in [0.25, 0.3) is 5.69 Å². The minimum absolute atomic E-state index is 0.0101. The summed E-state index contributed by atoms with van der Waals surface area (Å²) in [5, 5.41) is 23.2. The number of amides is 1. The van der Waals surface area contributed by atoms with Gasteiger partial charge in [0.2, 0.25) is 5.91 Å². The van der Waals surface area contributed by atoms with E-state index in [1.165, 1.54) is 23.9 Å². The highest BCUT2D eigenvalue weighted by Crippen LogP contribution is 2.28. The summed E-state index contributed by atoms with van der Waals surface area (Å²) in [7, 11) is 0. The topological polar surface area (TPSA) is 129 Å². The fourth-order valence-electron chi connectivity index (χ4n) is 3.40. The zero-order valence-electron chi connectivity index (χ0n) is 19.8. The Bertz CT molecular complexity index is 1200. The van der Waals surface area contributed by atoms with Gasteiger partial charge in [0.05, 0.1) is 24.0 Å². The summed E-state index contributed by atoms with van der Waals surface area (Å²) >= 11 is 1.47. The molecule has 0 aliphatic rings. The third-order valence-electron chi connectivity index (χ3n) is 5.05. The van der Waals surface area contributed by atoms with E-state index in [4.69, 9.17) is 4.74 Å². The predicted octanol–water partition coefficient (Wildman–Crippen LogP) is 4.30. The lowest BCUT2D eigenvalue weighted by atomic mass is 10.2. The number of carbonyl (C=O) groups is 2. The number of esters is 1. The number of carbonyl (C=O) groups excluding carboxylic acids is 2. The molecular weight excluding hydrogens is 470 g/mol. The second-order valence-corrected chi connectivity index (χ2v) is 8.76. The quantitative estimate of drug-likeness (QED) is 0.180. The molecule has 3 aromatic rings. The van der Waals surface area contributed by atoms with E-state index < -0.39 is 16.9 Å². The molecule has 1 amide bonds. The lowest BCUT2D eigenvalue weighted by Gasteiger charge is -2.16. The number of nitro benzene ring substituents is 1. The molecule has 0 saturated heterocycles. The summed E-state index contributed by atoms with van der Waals surface area (Å²) in [5.41, 5.74) is 2.88. The van der Waals surface area contributed by atoms with Crippen LogP contribution in [0.4, 0.5) is 5.69 Å². The highest BCUT2D eigenvalue weighted by Gasteiger charge is 2.22. The average Bonchev–Trinajstić information content (AvgIpc) is 3.26. The normalized spacial score (nSPS) is 11.6. The maximum absolute atomic E-state index is 12.4. The van der Waals surface area contributed by atoms with Gasteiger partial charge in [0.15, 0.2) is 11.0 Å². The highest BCUT2D eigenvalue weighted by atomic mass is 32.2. The van der Waals surface area contributed by atoms with E-state index in [1.807, 2.05) is 25.1 Å². The van der Waals surface area contributed by atoms with Crippen molar-refractivity contribution in [2.24, 2.45) is 0 Å². The van der Waals surface area contributed by atoms with Crippen LogP contribution in [0.1, 0.15) is 49.7 Å². The van der Waals surface area contributed by atoms with Gasteiger partial charge in [-0.3, -0.25) is 24.3 Å². The van der Waals surface area contributed by atoms with Crippen molar-refractivity contribution < 1.29 is 19.2 Å². The fraction of sp³-hybridized carbons (Fsp3) is 0.333. The maximum atomic E-state index is 12.4. The van der Waals surface area contributed by atoms with Crippen molar-refractivity contribution in [2.75, 3.05) is 6.61 Å². The lowest BCUT2D eigenvalue weighted by molar-refractivity contribution is -0.384. The van der Waals surface area contributed by atoms with Crippen molar-refractivity contribution in [3.63, 3.8) is 0 Å². The van der Waals surface area contributed by atoms with Crippen molar-refractivity contribution in [1.82, 2.24) is 20.1 Å². The summed E-state index contributed by atoms with van der Waals surface area (Å²) < 4.78 is 6.64. The SMILES string of the molecule is CCOC(=O)CCC(=O)NC(C)c1nnc(SCc2cccc(C)c2)n1-c1ccc([N+](=O)[O-])cc1. The molecule has 1 atom stereocenters. The number of aryl methyl sites for hydroxylation is 1. The van der Waals surface area contributed by atoms with Crippen molar-refractivity contribution >= 4 is 29.3 Å². The molecule has 2 aromatic carbocycles. The molecule has 0 spiro atoms. The van der Waals surface area contributed by atoms with Crippen LogP contribution in [-0.2, 0) is 20.1 Å². The second kappa shape index (κ2) is 12.1. The Morgan fingerprint density at radius 3 is 2.57 bits per heavy atom. The Morgan fingerprint density at radius 1 is 1.17 bits per heavy atom. The number of thioether (sulfide) groups is 1. The summed E-state index contributed by atoms with van der Waals surface area (Å²) in [6.45, 7) is 5.76. The average molecular weight is 498 g/mol. The number of nitrogens with one attached hydrogen (secondary N) is 1. The Morgan fingerprint density at radius 2 is 1.91 bits per heavy atom. The van der Waals surface area contributed by atoms with E-state index in [0.717, 1.165) is 11.1 Å². The number of aromatic nitrogens is 3. The molecule has 1 N–H and O–H groups in total. The number of rotatable bonds is 11. The van der Waals surface area contributed by atoms with Gasteiger partial charge in [-0.15, -0.1) is 10.2 Å². The number of hydrogen-bond acceptors (Lipinski definition) is 8. The van der Waals surface area contributed by atoms with Crippen LogP contribution in [0.3, 0.4) is 0 Å². The zero-order chi connectivity index (χ0) is 25.4. The van der Waals surface area contributed by atoms with Crippen LogP contribution in [0.5, 0.6) is 0 Å². The van der Waals surface area contributed by atoms with Crippen LogP contribution in [0, 0.1) is 17.0 Å². The van der Waals surface area contributed by atoms with Gasteiger partial charge in [0.1, 0.15) is 0 Å². The first-order valence-corrected chi connectivity index (χ1v) is 12.1. The van der Waals surface area contributed by atoms with Crippen LogP contribution in [0.15, 0.2) is 53.7 Å². The monoisotopic (exact) mass is 497 g/mol. The molecule has 10 nitrogen and oxygen atoms in total. The van der Waals surface area contributed by atoms with Gasteiger partial charge in [-0.25, -0.2) is 0 Å². The van der Waals surface area contributed by atoms with Crippen molar-refractivity contribution in [3.05, 3.63) is 75.6 Å². The second-order valence-electron chi connectivity index (χ2n) is 7.82. The molecular formula is C24H27N5O5S. The predicted molar refractivity (Wildman–Crippen MR) is 131 cm³/mol. The van der Waals surface area contributed by atoms with Gasteiger partial charge in [-0.2, -0.15) is 0 Å². The fourth-order valence-corrected chi connectivity index (χ4v) is 4.30. The molecule has 0 saturated carbocycles. The number of non-ortho nitro benzene ring substituents is 1. The Hall–Kier alpha value is -3.73. The third-order valence-corrected chi connectivity index (χ3v) is 6.05. The molecule has 1 unspecified atom stereocenters. The number of nitrogens with zero attached hydrogens (tertiary/aromatic N) is 4. The summed E-state index contributed by atoms with van der Waals surface area (Å²) in [6.07, 6.45) is -0.0250. The molecule has 35 heavy (non-hydrogen) atoms. The van der Waals surface area contributed by atoms with E-state index in [1.54, 1.807) is 30.5 Å². The van der Waals surface area contributed by atoms with Crippen molar-refractivity contribution in [3.8, 4) is 5.69 Å². The van der Waals surface area contributed by atoms with E-state index >= 15 is 0 Å². The first-order chi connectivity index (χ1) is 16.8. The summed E-state index contributed by atoms with van der Waals surface area (Å²) in [5.74, 6) is 0.361. The van der Waals surface area contributed by atoms with E-state index in [9.17, 15) is 19.7 Å². The minimum atomic E-state index is -0.527. The Kier molecular flexibility index (Phi) is 8.96. The molecule has 0 aliphatic carbocycles. The Labute approximate surface area is 207 Å². The highest BCUT2D eigenvalue weighted by molar-refractivity contribution is 7.98. The van der Waals surface area contributed by atoms with Crippen LogP contribution >= 0.6 is 11.8 Å². The first kappa shape index (κ1) is 25.9. The van der Waals surface area contributed by atoms with Gasteiger partial charge in [-0.05, 0) is 38.5 Å². The molecule has 0 bridgehead atoms. The van der Waals surface area contributed by atoms with E-state index in [0.29, 0.717) is 22.4 Å². The smallest absolute Gasteiger partial charge is 0.306 e. The maximum Gasteiger partial charge on any atom is 0.306 e. The van der Waals surface area contributed by atoms with Crippen LogP contribution < -0.4 is 5.32 Å². The van der Waals surface area contributed by atoms with Gasteiger partial charge < -0.3 is 10.1 Å². The van der Waals surface area contributed by atoms with Gasteiger partial charge >= 0.3 is 5.97 Å². The first-order valence-electron chi connectivity index (χ1n) is 11.1. The number of benzene rings is 2. The van der Waals surface area contributed by atoms with Crippen molar-refractivity contribution in [1.29, 1.82) is 0 Å².